The molecule has 2 aliphatic rings. The summed E-state index contributed by atoms with van der Waals surface area (Å²) in [6, 6.07) is 42.4. The maximum absolute atomic E-state index is 6.63. The number of pyridine rings is 2. The zero-order valence-corrected chi connectivity index (χ0v) is 44.8. The molecule has 4 heterocycles. The average Bonchev–Trinajstić information content (AvgIpc) is 3.38. The van der Waals surface area contributed by atoms with Gasteiger partial charge in [-0.3, -0.25) is 0 Å². The number of nitrogens with zero attached hydrogens (tertiary/aromatic N) is 2. The number of ether oxygens (including phenoxy) is 4. The van der Waals surface area contributed by atoms with Gasteiger partial charge in [0, 0.05) is 56.8 Å². The summed E-state index contributed by atoms with van der Waals surface area (Å²) < 4.78 is 25.1. The van der Waals surface area contributed by atoms with E-state index in [-0.39, 0.29) is 6.23 Å². The van der Waals surface area contributed by atoms with Crippen molar-refractivity contribution in [1.82, 2.24) is 20.6 Å². The van der Waals surface area contributed by atoms with Gasteiger partial charge >= 0.3 is 0 Å². The molecule has 8 aromatic rings. The predicted octanol–water partition coefficient (Wildman–Crippen LogP) is 14.1. The average molecular weight is 1000 g/mol. The zero-order valence-electron chi connectivity index (χ0n) is 44.8. The van der Waals surface area contributed by atoms with Gasteiger partial charge in [-0.15, -0.1) is 0 Å². The first-order valence-corrected chi connectivity index (χ1v) is 27.1. The number of fused-ring (bicyclic) bond motifs is 2. The summed E-state index contributed by atoms with van der Waals surface area (Å²) in [6.07, 6.45) is 6.53. The van der Waals surface area contributed by atoms with Crippen LogP contribution in [0.3, 0.4) is 0 Å². The van der Waals surface area contributed by atoms with Gasteiger partial charge in [0.2, 0.25) is 0 Å². The highest BCUT2D eigenvalue weighted by Crippen LogP contribution is 2.34. The standard InChI is InChI=1S/C65H74N6O4/c1-41-25-43(3)59(44(4)26-41)39-67-37-49-9-7-11-55(30-49)74-57-15-17-61-52(35-57)33-51(64(66)69-61)14-13-47-21-24-73-63(32-47)71-65-54(29-48-19-22-72-23-20-48)34-53-36-58(16-18-62(53)70-65)75-56-12-8-10-50(31-56)38-68-40-60-45(5)27-42(2)28-46(60)6/h7-12,15-18,25-28,30-31,33-36,47-48,63,67-68H,13-14,19-24,29,32,37-40H2,1-6H3,(H2,66,69)(H,70,71). The summed E-state index contributed by atoms with van der Waals surface area (Å²) in [6.45, 7) is 18.5. The number of nitrogens with one attached hydrogen (secondary N) is 3. The Hall–Kier alpha value is -6.82. The summed E-state index contributed by atoms with van der Waals surface area (Å²) in [7, 11) is 0. The Bertz CT molecular complexity index is 3250. The topological polar surface area (TPSA) is 125 Å². The molecule has 388 valence electrons. The smallest absolute Gasteiger partial charge is 0.131 e. The molecule has 0 amide bonds. The number of nitrogen functional groups attached to an aromatic ring is 1. The van der Waals surface area contributed by atoms with Gasteiger partial charge < -0.3 is 40.6 Å². The van der Waals surface area contributed by atoms with Crippen LogP contribution in [0.4, 0.5) is 11.6 Å². The Morgan fingerprint density at radius 2 is 1.07 bits per heavy atom. The Balaban J connectivity index is 0.769. The molecule has 6 aromatic carbocycles. The van der Waals surface area contributed by atoms with Crippen molar-refractivity contribution in [3.63, 3.8) is 0 Å². The van der Waals surface area contributed by atoms with Crippen molar-refractivity contribution in [2.75, 3.05) is 30.9 Å². The molecule has 75 heavy (non-hydrogen) atoms. The number of hydrogen-bond acceptors (Lipinski definition) is 10. The monoisotopic (exact) mass is 1000 g/mol. The summed E-state index contributed by atoms with van der Waals surface area (Å²) in [5, 5.41) is 13.1. The van der Waals surface area contributed by atoms with E-state index in [1.165, 1.54) is 61.2 Å². The molecule has 5 N–H and O–H groups in total. The van der Waals surface area contributed by atoms with E-state index < -0.39 is 0 Å². The summed E-state index contributed by atoms with van der Waals surface area (Å²) >= 11 is 0. The molecule has 10 nitrogen and oxygen atoms in total. The van der Waals surface area contributed by atoms with E-state index in [9.17, 15) is 0 Å². The number of aryl methyl sites for hydroxylation is 7. The predicted molar refractivity (Wildman–Crippen MR) is 305 cm³/mol. The lowest BCUT2D eigenvalue weighted by molar-refractivity contribution is 0.00611. The van der Waals surface area contributed by atoms with E-state index in [2.05, 4.69) is 148 Å². The van der Waals surface area contributed by atoms with Crippen LogP contribution >= 0.6 is 0 Å². The van der Waals surface area contributed by atoms with Gasteiger partial charge in [0.05, 0.1) is 11.0 Å². The molecule has 0 saturated carbocycles. The highest BCUT2D eigenvalue weighted by atomic mass is 16.5. The lowest BCUT2D eigenvalue weighted by Crippen LogP contribution is -2.33. The molecule has 10 rings (SSSR count). The number of benzene rings is 6. The van der Waals surface area contributed by atoms with Crippen LogP contribution in [0.2, 0.25) is 0 Å². The third kappa shape index (κ3) is 13.4. The Kier molecular flexibility index (Phi) is 16.4. The molecule has 0 bridgehead atoms. The molecule has 0 radical (unpaired) electrons. The maximum atomic E-state index is 6.63. The second-order valence-corrected chi connectivity index (χ2v) is 21.4. The van der Waals surface area contributed by atoms with E-state index in [0.717, 1.165) is 141 Å². The Morgan fingerprint density at radius 1 is 0.547 bits per heavy atom. The normalized spacial score (nSPS) is 16.1. The minimum absolute atomic E-state index is 0.154. The molecule has 2 aliphatic heterocycles. The minimum Gasteiger partial charge on any atom is -0.457 e. The first-order valence-electron chi connectivity index (χ1n) is 27.1. The van der Waals surface area contributed by atoms with Crippen LogP contribution in [-0.4, -0.2) is 36.0 Å². The maximum Gasteiger partial charge on any atom is 0.131 e. The largest absolute Gasteiger partial charge is 0.457 e. The number of rotatable bonds is 19. The molecular weight excluding hydrogens is 929 g/mol. The van der Waals surface area contributed by atoms with Crippen molar-refractivity contribution in [3.8, 4) is 23.0 Å². The van der Waals surface area contributed by atoms with E-state index >= 15 is 0 Å². The third-order valence-corrected chi connectivity index (χ3v) is 15.3. The van der Waals surface area contributed by atoms with Crippen LogP contribution in [0.25, 0.3) is 21.8 Å². The zero-order chi connectivity index (χ0) is 51.8. The number of nitrogens with two attached hydrogens (primary N) is 1. The summed E-state index contributed by atoms with van der Waals surface area (Å²) in [5.41, 5.74) is 23.7. The molecule has 2 unspecified atom stereocenters. The lowest BCUT2D eigenvalue weighted by atomic mass is 9.90. The lowest BCUT2D eigenvalue weighted by Gasteiger charge is -2.31. The fourth-order valence-corrected chi connectivity index (χ4v) is 11.4. The van der Waals surface area contributed by atoms with Gasteiger partial charge in [-0.05, 0) is 227 Å². The van der Waals surface area contributed by atoms with Crippen LogP contribution in [0.5, 0.6) is 23.0 Å². The van der Waals surface area contributed by atoms with Crippen LogP contribution in [-0.2, 0) is 48.5 Å². The van der Waals surface area contributed by atoms with E-state index in [1.807, 2.05) is 30.3 Å². The fourth-order valence-electron chi connectivity index (χ4n) is 11.4. The van der Waals surface area contributed by atoms with Crippen LogP contribution in [0.1, 0.15) is 98.9 Å². The van der Waals surface area contributed by atoms with Crippen LogP contribution in [0.15, 0.2) is 121 Å². The van der Waals surface area contributed by atoms with Crippen molar-refractivity contribution < 1.29 is 18.9 Å². The van der Waals surface area contributed by atoms with Crippen LogP contribution < -0.4 is 31.2 Å². The molecule has 2 saturated heterocycles. The van der Waals surface area contributed by atoms with Crippen molar-refractivity contribution >= 4 is 33.4 Å². The van der Waals surface area contributed by atoms with E-state index in [4.69, 9.17) is 34.6 Å². The molecule has 2 aromatic heterocycles. The van der Waals surface area contributed by atoms with Gasteiger partial charge in [0.1, 0.15) is 40.9 Å². The SMILES string of the molecule is Cc1cc(C)c(CNCc2cccc(Oc3ccc4nc(N)c(CCC5CCOC(Nc6nc7ccc(Oc8cccc(CNCc9c(C)cc(C)cc9C)c8)cc7cc6CC6CCOCC6)C5)cc4c3)c2)c(C)c1. The molecule has 2 fully saturated rings. The van der Waals surface area contributed by atoms with Gasteiger partial charge in [-0.2, -0.15) is 0 Å². The first kappa shape index (κ1) is 51.7. The van der Waals surface area contributed by atoms with Crippen molar-refractivity contribution in [3.05, 3.63) is 188 Å². The number of anilines is 2. The van der Waals surface area contributed by atoms with Gasteiger partial charge in [-0.1, -0.05) is 59.7 Å². The fraction of sp³-hybridized carbons (Fsp3) is 0.354. The molecule has 0 spiro atoms. The Labute approximate surface area is 443 Å². The molecule has 0 aliphatic carbocycles. The molecule has 2 atom stereocenters. The van der Waals surface area contributed by atoms with Gasteiger partial charge in [0.25, 0.3) is 0 Å². The van der Waals surface area contributed by atoms with E-state index in [0.29, 0.717) is 24.3 Å². The number of aromatic nitrogens is 2. The highest BCUT2D eigenvalue weighted by Gasteiger charge is 2.26. The van der Waals surface area contributed by atoms with Gasteiger partial charge in [-0.25, -0.2) is 9.97 Å². The Morgan fingerprint density at radius 3 is 1.64 bits per heavy atom. The first-order chi connectivity index (χ1) is 36.4. The van der Waals surface area contributed by atoms with Crippen molar-refractivity contribution in [1.29, 1.82) is 0 Å². The third-order valence-electron chi connectivity index (χ3n) is 15.3. The molecule has 10 heteroatoms. The quantitative estimate of drug-likeness (QED) is 0.0622. The minimum atomic E-state index is -0.154. The summed E-state index contributed by atoms with van der Waals surface area (Å²) in [5.74, 6) is 5.63. The van der Waals surface area contributed by atoms with Crippen molar-refractivity contribution in [2.45, 2.75) is 119 Å². The second kappa shape index (κ2) is 23.8. The second-order valence-electron chi connectivity index (χ2n) is 21.4. The summed E-state index contributed by atoms with van der Waals surface area (Å²) in [4.78, 5) is 10.1. The molecular formula is C65H74N6O4. The van der Waals surface area contributed by atoms with Crippen LogP contribution in [0, 0.1) is 53.4 Å². The highest BCUT2D eigenvalue weighted by molar-refractivity contribution is 5.84. The van der Waals surface area contributed by atoms with E-state index in [1.54, 1.807) is 0 Å². The van der Waals surface area contributed by atoms with Crippen molar-refractivity contribution in [2.24, 2.45) is 11.8 Å². The van der Waals surface area contributed by atoms with Gasteiger partial charge in [0.15, 0.2) is 0 Å². The number of hydrogen-bond donors (Lipinski definition) is 4.